The number of halogens is 1. The molecule has 2 N–H and O–H groups in total. The summed E-state index contributed by atoms with van der Waals surface area (Å²) < 4.78 is 13.2. The second kappa shape index (κ2) is 6.60. The fourth-order valence-corrected chi connectivity index (χ4v) is 2.53. The molecule has 2 aromatic carbocycles. The van der Waals surface area contributed by atoms with Gasteiger partial charge in [0.05, 0.1) is 0 Å². The van der Waals surface area contributed by atoms with Crippen molar-refractivity contribution in [2.24, 2.45) is 0 Å². The number of carbonyl (C=O) groups excluding carboxylic acids is 1. The molecule has 2 aromatic rings. The Morgan fingerprint density at radius 1 is 1.00 bits per heavy atom. The van der Waals surface area contributed by atoms with E-state index in [4.69, 9.17) is 0 Å². The molecule has 0 aliphatic rings. The Morgan fingerprint density at radius 3 is 2.23 bits per heavy atom. The first-order valence-corrected chi connectivity index (χ1v) is 7.24. The first-order chi connectivity index (χ1) is 10.4. The highest BCUT2D eigenvalue weighted by Crippen LogP contribution is 2.21. The summed E-state index contributed by atoms with van der Waals surface area (Å²) >= 11 is 0. The van der Waals surface area contributed by atoms with Gasteiger partial charge in [0.2, 0.25) is 0 Å². The molecule has 0 aromatic heterocycles. The highest BCUT2D eigenvalue weighted by molar-refractivity contribution is 5.91. The van der Waals surface area contributed by atoms with E-state index in [0.717, 1.165) is 22.4 Å². The first kappa shape index (κ1) is 16.0. The number of nitrogens with one attached hydrogen (secondary N) is 2. The number of benzene rings is 2. The summed E-state index contributed by atoms with van der Waals surface area (Å²) in [6.07, 6.45) is 0. The van der Waals surface area contributed by atoms with Crippen LogP contribution in [0.25, 0.3) is 0 Å². The molecule has 0 bridgehead atoms. The van der Waals surface area contributed by atoms with Gasteiger partial charge in [0, 0.05) is 12.2 Å². The summed E-state index contributed by atoms with van der Waals surface area (Å²) in [5, 5.41) is 5.67. The first-order valence-electron chi connectivity index (χ1n) is 7.24. The van der Waals surface area contributed by atoms with Crippen molar-refractivity contribution in [1.29, 1.82) is 0 Å². The highest BCUT2D eigenvalue weighted by Gasteiger charge is 2.08. The summed E-state index contributed by atoms with van der Waals surface area (Å²) in [5.74, 6) is -0.237. The molecule has 0 aliphatic heterocycles. The molecule has 0 fully saturated rings. The van der Waals surface area contributed by atoms with Gasteiger partial charge in [-0.2, -0.15) is 0 Å². The second-order valence-electron chi connectivity index (χ2n) is 5.66. The van der Waals surface area contributed by atoms with E-state index in [1.807, 2.05) is 32.9 Å². The molecule has 116 valence electrons. The highest BCUT2D eigenvalue weighted by atomic mass is 19.1. The third-order valence-corrected chi connectivity index (χ3v) is 3.59. The predicted octanol–water partition coefficient (Wildman–Crippen LogP) is 4.38. The zero-order valence-electron chi connectivity index (χ0n) is 13.4. The van der Waals surface area contributed by atoms with Gasteiger partial charge in [-0.3, -0.25) is 0 Å². The van der Waals surface area contributed by atoms with Crippen molar-refractivity contribution in [1.82, 2.24) is 5.32 Å². The minimum atomic E-state index is -0.267. The Bertz CT molecular complexity index is 687. The van der Waals surface area contributed by atoms with E-state index in [1.165, 1.54) is 11.6 Å². The standard InChI is InChI=1S/C18H21FN2O/c1-11-7-13(3)17(14(4)8-11)21-18(22)20-10-15-5-6-16(19)12(2)9-15/h5-9H,10H2,1-4H3,(H2,20,21,22). The molecule has 2 amide bonds. The normalized spacial score (nSPS) is 10.4. The lowest BCUT2D eigenvalue weighted by molar-refractivity contribution is 0.251. The summed E-state index contributed by atoms with van der Waals surface area (Å²) in [4.78, 5) is 12.0. The molecule has 4 heteroatoms. The molecule has 0 saturated carbocycles. The van der Waals surface area contributed by atoms with Gasteiger partial charge < -0.3 is 10.6 Å². The monoisotopic (exact) mass is 300 g/mol. The topological polar surface area (TPSA) is 41.1 Å². The van der Waals surface area contributed by atoms with Crippen molar-refractivity contribution in [3.8, 4) is 0 Å². The van der Waals surface area contributed by atoms with Gasteiger partial charge in [0.1, 0.15) is 5.82 Å². The van der Waals surface area contributed by atoms with Crippen molar-refractivity contribution >= 4 is 11.7 Å². The van der Waals surface area contributed by atoms with Gasteiger partial charge in [-0.25, -0.2) is 9.18 Å². The molecule has 3 nitrogen and oxygen atoms in total. The maximum atomic E-state index is 13.2. The minimum absolute atomic E-state index is 0.237. The Kier molecular flexibility index (Phi) is 4.81. The van der Waals surface area contributed by atoms with Gasteiger partial charge in [0.25, 0.3) is 0 Å². The fourth-order valence-electron chi connectivity index (χ4n) is 2.53. The SMILES string of the molecule is Cc1cc(C)c(NC(=O)NCc2ccc(F)c(C)c2)c(C)c1. The Balaban J connectivity index is 2.00. The van der Waals surface area contributed by atoms with E-state index in [1.54, 1.807) is 19.1 Å². The van der Waals surface area contributed by atoms with Crippen LogP contribution >= 0.6 is 0 Å². The molecule has 0 unspecified atom stereocenters. The lowest BCUT2D eigenvalue weighted by Gasteiger charge is -2.14. The summed E-state index contributed by atoms with van der Waals surface area (Å²) in [6.45, 7) is 8.04. The minimum Gasteiger partial charge on any atom is -0.334 e. The number of aryl methyl sites for hydroxylation is 4. The zero-order chi connectivity index (χ0) is 16.3. The number of hydrogen-bond acceptors (Lipinski definition) is 1. The molecule has 0 heterocycles. The Hall–Kier alpha value is -2.36. The van der Waals surface area contributed by atoms with Crippen molar-refractivity contribution in [3.63, 3.8) is 0 Å². The maximum Gasteiger partial charge on any atom is 0.319 e. The molecule has 2 rings (SSSR count). The molecular formula is C18H21FN2O. The maximum absolute atomic E-state index is 13.2. The van der Waals surface area contributed by atoms with Crippen LogP contribution in [0.1, 0.15) is 27.8 Å². The van der Waals surface area contributed by atoms with E-state index < -0.39 is 0 Å². The molecule has 0 atom stereocenters. The number of urea groups is 1. The Labute approximate surface area is 130 Å². The van der Waals surface area contributed by atoms with E-state index in [2.05, 4.69) is 10.6 Å². The zero-order valence-corrected chi connectivity index (χ0v) is 13.4. The van der Waals surface area contributed by atoms with Gasteiger partial charge in [-0.1, -0.05) is 29.8 Å². The van der Waals surface area contributed by atoms with Crippen LogP contribution in [-0.4, -0.2) is 6.03 Å². The number of hydrogen-bond donors (Lipinski definition) is 2. The summed E-state index contributed by atoms with van der Waals surface area (Å²) in [6, 6.07) is 8.62. The third kappa shape index (κ3) is 3.85. The predicted molar refractivity (Wildman–Crippen MR) is 87.6 cm³/mol. The van der Waals surface area contributed by atoms with Crippen LogP contribution < -0.4 is 10.6 Å². The molecule has 0 aliphatic carbocycles. The molecule has 0 saturated heterocycles. The number of anilines is 1. The Morgan fingerprint density at radius 2 is 1.64 bits per heavy atom. The average molecular weight is 300 g/mol. The van der Waals surface area contributed by atoms with Gasteiger partial charge >= 0.3 is 6.03 Å². The number of rotatable bonds is 3. The number of carbonyl (C=O) groups is 1. The largest absolute Gasteiger partial charge is 0.334 e. The third-order valence-electron chi connectivity index (χ3n) is 3.59. The van der Waals surface area contributed by atoms with Gasteiger partial charge in [-0.15, -0.1) is 0 Å². The van der Waals surface area contributed by atoms with Crippen molar-refractivity contribution in [3.05, 3.63) is 64.0 Å². The van der Waals surface area contributed by atoms with E-state index in [-0.39, 0.29) is 11.8 Å². The van der Waals surface area contributed by atoms with Crippen LogP contribution in [0.5, 0.6) is 0 Å². The van der Waals surface area contributed by atoms with Crippen LogP contribution in [0.3, 0.4) is 0 Å². The van der Waals surface area contributed by atoms with Crippen molar-refractivity contribution in [2.45, 2.75) is 34.2 Å². The van der Waals surface area contributed by atoms with E-state index >= 15 is 0 Å². The fraction of sp³-hybridized carbons (Fsp3) is 0.278. The summed E-state index contributed by atoms with van der Waals surface area (Å²) in [7, 11) is 0. The lowest BCUT2D eigenvalue weighted by atomic mass is 10.1. The second-order valence-corrected chi connectivity index (χ2v) is 5.66. The van der Waals surface area contributed by atoms with Crippen LogP contribution in [0.15, 0.2) is 30.3 Å². The molecular weight excluding hydrogens is 279 g/mol. The van der Waals surface area contributed by atoms with Gasteiger partial charge in [0.15, 0.2) is 0 Å². The quantitative estimate of drug-likeness (QED) is 0.867. The average Bonchev–Trinajstić information content (AvgIpc) is 2.44. The smallest absolute Gasteiger partial charge is 0.319 e. The van der Waals surface area contributed by atoms with Crippen molar-refractivity contribution < 1.29 is 9.18 Å². The molecule has 22 heavy (non-hydrogen) atoms. The molecule has 0 spiro atoms. The van der Waals surface area contributed by atoms with E-state index in [0.29, 0.717) is 12.1 Å². The molecule has 0 radical (unpaired) electrons. The lowest BCUT2D eigenvalue weighted by Crippen LogP contribution is -2.28. The summed E-state index contributed by atoms with van der Waals surface area (Å²) in [5.41, 5.74) is 5.51. The van der Waals surface area contributed by atoms with Gasteiger partial charge in [-0.05, 0) is 56.0 Å². The van der Waals surface area contributed by atoms with Crippen LogP contribution in [0.2, 0.25) is 0 Å². The van der Waals surface area contributed by atoms with E-state index in [9.17, 15) is 9.18 Å². The number of amides is 2. The van der Waals surface area contributed by atoms with Crippen LogP contribution in [0, 0.1) is 33.5 Å². The van der Waals surface area contributed by atoms with Crippen LogP contribution in [0.4, 0.5) is 14.9 Å². The van der Waals surface area contributed by atoms with Crippen LogP contribution in [-0.2, 0) is 6.54 Å². The van der Waals surface area contributed by atoms with Crippen molar-refractivity contribution in [2.75, 3.05) is 5.32 Å².